The van der Waals surface area contributed by atoms with Crippen LogP contribution in [0.25, 0.3) is 0 Å². The minimum atomic E-state index is 0. The van der Waals surface area contributed by atoms with Crippen LogP contribution in [0.5, 0.6) is 0 Å². The van der Waals surface area contributed by atoms with E-state index in [0.717, 1.165) is 30.7 Å². The van der Waals surface area contributed by atoms with Crippen LogP contribution in [-0.2, 0) is 19.6 Å². The van der Waals surface area contributed by atoms with E-state index in [4.69, 9.17) is 4.99 Å². The van der Waals surface area contributed by atoms with Gasteiger partial charge in [-0.2, -0.15) is 0 Å². The first-order chi connectivity index (χ1) is 13.7. The van der Waals surface area contributed by atoms with Crippen molar-refractivity contribution in [3.05, 3.63) is 65.5 Å². The molecule has 3 rings (SSSR count). The maximum absolute atomic E-state index is 4.75. The first kappa shape index (κ1) is 23.6. The molecule has 1 aliphatic rings. The number of halogens is 1. The number of rotatable bonds is 7. The average Bonchev–Trinajstić information content (AvgIpc) is 2.73. The van der Waals surface area contributed by atoms with Gasteiger partial charge in [-0.25, -0.2) is 4.99 Å². The van der Waals surface area contributed by atoms with Gasteiger partial charge in [-0.3, -0.25) is 9.88 Å². The van der Waals surface area contributed by atoms with Crippen LogP contribution in [0.2, 0.25) is 0 Å². The second-order valence-corrected chi connectivity index (χ2v) is 7.65. The first-order valence-corrected chi connectivity index (χ1v) is 10.4. The molecule has 1 aromatic carbocycles. The van der Waals surface area contributed by atoms with Crippen LogP contribution >= 0.6 is 24.0 Å². The average molecular weight is 507 g/mol. The largest absolute Gasteiger partial charge is 0.357 e. The molecule has 0 saturated carbocycles. The smallest absolute Gasteiger partial charge is 0.191 e. The second kappa shape index (κ2) is 12.8. The molecule has 5 nitrogen and oxygen atoms in total. The van der Waals surface area contributed by atoms with Crippen molar-refractivity contribution in [3.63, 3.8) is 0 Å². The molecule has 0 amide bonds. The fourth-order valence-corrected chi connectivity index (χ4v) is 3.49. The van der Waals surface area contributed by atoms with Crippen LogP contribution in [0.15, 0.2) is 53.7 Å². The Balaban J connectivity index is 0.00000300. The molecular formula is C23H34IN5. The van der Waals surface area contributed by atoms with Crippen molar-refractivity contribution in [1.82, 2.24) is 20.5 Å². The molecule has 1 fully saturated rings. The molecule has 2 heterocycles. The zero-order valence-corrected chi connectivity index (χ0v) is 19.9. The van der Waals surface area contributed by atoms with E-state index >= 15 is 0 Å². The predicted molar refractivity (Wildman–Crippen MR) is 131 cm³/mol. The number of nitrogens with zero attached hydrogens (tertiary/aromatic N) is 3. The fourth-order valence-electron chi connectivity index (χ4n) is 3.49. The van der Waals surface area contributed by atoms with Gasteiger partial charge in [-0.1, -0.05) is 37.3 Å². The van der Waals surface area contributed by atoms with Crippen LogP contribution in [0.3, 0.4) is 0 Å². The van der Waals surface area contributed by atoms with E-state index < -0.39 is 0 Å². The Morgan fingerprint density at radius 3 is 2.62 bits per heavy atom. The van der Waals surface area contributed by atoms with E-state index in [-0.39, 0.29) is 24.0 Å². The van der Waals surface area contributed by atoms with E-state index in [1.54, 1.807) is 0 Å². The van der Waals surface area contributed by atoms with Crippen LogP contribution in [0, 0.1) is 5.92 Å². The standard InChI is InChI=1S/C23H33N5.HI/c1-3-24-23(27-17-22-9-4-5-12-25-22)26-16-20-7-6-8-21(15-20)18-28-13-10-19(2)11-14-28;/h4-9,12,15,19H,3,10-11,13-14,16-18H2,1-2H3,(H2,24,26,27);1H. The topological polar surface area (TPSA) is 52.6 Å². The maximum atomic E-state index is 4.75. The van der Waals surface area contributed by atoms with Crippen LogP contribution in [-0.4, -0.2) is 35.5 Å². The summed E-state index contributed by atoms with van der Waals surface area (Å²) in [6.07, 6.45) is 4.45. The molecule has 2 aromatic rings. The van der Waals surface area contributed by atoms with Gasteiger partial charge in [-0.15, -0.1) is 24.0 Å². The lowest BCUT2D eigenvalue weighted by atomic mass is 9.98. The highest BCUT2D eigenvalue weighted by molar-refractivity contribution is 14.0. The summed E-state index contributed by atoms with van der Waals surface area (Å²) in [6.45, 7) is 10.1. The number of nitrogens with one attached hydrogen (secondary N) is 2. The van der Waals surface area contributed by atoms with Crippen molar-refractivity contribution in [2.75, 3.05) is 19.6 Å². The Morgan fingerprint density at radius 1 is 1.10 bits per heavy atom. The van der Waals surface area contributed by atoms with Gasteiger partial charge in [-0.05, 0) is 62.0 Å². The van der Waals surface area contributed by atoms with Gasteiger partial charge in [0, 0.05) is 19.3 Å². The molecule has 29 heavy (non-hydrogen) atoms. The van der Waals surface area contributed by atoms with Crippen LogP contribution in [0.1, 0.15) is 43.5 Å². The van der Waals surface area contributed by atoms with Crippen LogP contribution < -0.4 is 10.6 Å². The van der Waals surface area contributed by atoms with E-state index in [9.17, 15) is 0 Å². The van der Waals surface area contributed by atoms with Gasteiger partial charge in [0.25, 0.3) is 0 Å². The number of benzene rings is 1. The minimum absolute atomic E-state index is 0. The van der Waals surface area contributed by atoms with Gasteiger partial charge in [0.1, 0.15) is 0 Å². The number of piperidine rings is 1. The summed E-state index contributed by atoms with van der Waals surface area (Å²) in [5.41, 5.74) is 3.64. The quantitative estimate of drug-likeness (QED) is 0.336. The van der Waals surface area contributed by atoms with Crippen LogP contribution in [0.4, 0.5) is 0 Å². The molecule has 0 atom stereocenters. The number of aromatic nitrogens is 1. The van der Waals surface area contributed by atoms with E-state index in [0.29, 0.717) is 13.1 Å². The van der Waals surface area contributed by atoms with E-state index in [1.807, 2.05) is 24.4 Å². The Kier molecular flexibility index (Phi) is 10.4. The normalized spacial score (nSPS) is 15.6. The third-order valence-corrected chi connectivity index (χ3v) is 5.20. The summed E-state index contributed by atoms with van der Waals surface area (Å²) >= 11 is 0. The molecule has 0 radical (unpaired) electrons. The van der Waals surface area contributed by atoms with Gasteiger partial charge in [0.2, 0.25) is 0 Å². The predicted octanol–water partition coefficient (Wildman–Crippen LogP) is 4.19. The molecule has 0 bridgehead atoms. The Bertz CT molecular complexity index is 742. The van der Waals surface area contributed by atoms with E-state index in [2.05, 4.69) is 58.6 Å². The lowest BCUT2D eigenvalue weighted by Crippen LogP contribution is -2.37. The number of hydrogen-bond acceptors (Lipinski definition) is 3. The SMILES string of the molecule is CCNC(=NCc1cccc(CN2CCC(C)CC2)c1)NCc1ccccn1.I. The lowest BCUT2D eigenvalue weighted by molar-refractivity contribution is 0.185. The summed E-state index contributed by atoms with van der Waals surface area (Å²) < 4.78 is 0. The van der Waals surface area contributed by atoms with Crippen molar-refractivity contribution >= 4 is 29.9 Å². The third-order valence-electron chi connectivity index (χ3n) is 5.20. The summed E-state index contributed by atoms with van der Waals surface area (Å²) in [7, 11) is 0. The number of guanidine groups is 1. The van der Waals surface area contributed by atoms with Crippen molar-refractivity contribution < 1.29 is 0 Å². The van der Waals surface area contributed by atoms with Crippen molar-refractivity contribution in [1.29, 1.82) is 0 Å². The summed E-state index contributed by atoms with van der Waals surface area (Å²) in [6, 6.07) is 14.8. The van der Waals surface area contributed by atoms with Gasteiger partial charge >= 0.3 is 0 Å². The molecule has 0 spiro atoms. The van der Waals surface area contributed by atoms with Gasteiger partial charge in [0.15, 0.2) is 5.96 Å². The Hall–Kier alpha value is -1.67. The number of hydrogen-bond donors (Lipinski definition) is 2. The van der Waals surface area contributed by atoms with Gasteiger partial charge < -0.3 is 10.6 Å². The van der Waals surface area contributed by atoms with E-state index in [1.165, 1.54) is 37.1 Å². The molecule has 2 N–H and O–H groups in total. The molecule has 6 heteroatoms. The zero-order valence-electron chi connectivity index (χ0n) is 17.6. The molecule has 158 valence electrons. The molecule has 1 aliphatic heterocycles. The molecular weight excluding hydrogens is 473 g/mol. The molecule has 1 aromatic heterocycles. The summed E-state index contributed by atoms with van der Waals surface area (Å²) in [5.74, 6) is 1.70. The van der Waals surface area contributed by atoms with Crippen molar-refractivity contribution in [2.45, 2.75) is 46.3 Å². The molecule has 0 unspecified atom stereocenters. The maximum Gasteiger partial charge on any atom is 0.191 e. The fraction of sp³-hybridized carbons (Fsp3) is 0.478. The number of pyridine rings is 1. The van der Waals surface area contributed by atoms with Crippen molar-refractivity contribution in [2.24, 2.45) is 10.9 Å². The van der Waals surface area contributed by atoms with Crippen molar-refractivity contribution in [3.8, 4) is 0 Å². The lowest BCUT2D eigenvalue weighted by Gasteiger charge is -2.30. The second-order valence-electron chi connectivity index (χ2n) is 7.65. The zero-order chi connectivity index (χ0) is 19.6. The van der Waals surface area contributed by atoms with Gasteiger partial charge in [0.05, 0.1) is 18.8 Å². The summed E-state index contributed by atoms with van der Waals surface area (Å²) in [5, 5.41) is 6.67. The third kappa shape index (κ3) is 8.30. The monoisotopic (exact) mass is 507 g/mol. The first-order valence-electron chi connectivity index (χ1n) is 10.4. The molecule has 1 saturated heterocycles. The Morgan fingerprint density at radius 2 is 1.90 bits per heavy atom. The summed E-state index contributed by atoms with van der Waals surface area (Å²) in [4.78, 5) is 11.7. The highest BCUT2D eigenvalue weighted by Gasteiger charge is 2.15. The highest BCUT2D eigenvalue weighted by atomic mass is 127. The number of likely N-dealkylation sites (tertiary alicyclic amines) is 1. The Labute approximate surface area is 192 Å². The number of aliphatic imine (C=N–C) groups is 1. The highest BCUT2D eigenvalue weighted by Crippen LogP contribution is 2.18. The molecule has 0 aliphatic carbocycles. The minimum Gasteiger partial charge on any atom is -0.357 e.